The van der Waals surface area contributed by atoms with Gasteiger partial charge in [-0.3, -0.25) is 0 Å². The number of carbonyl (C=O) groups is 2. The molecule has 2 aliphatic heterocycles. The Labute approximate surface area is 293 Å². The molecule has 8 rings (SSSR count). The molecule has 2 N–H and O–H groups in total. The van der Waals surface area contributed by atoms with Crippen LogP contribution in [0.1, 0.15) is 116 Å². The highest BCUT2D eigenvalue weighted by Crippen LogP contribution is 2.56. The Morgan fingerprint density at radius 1 is 0.780 bits per heavy atom. The molecular weight excluding hydrogens is 628 g/mol. The summed E-state index contributed by atoms with van der Waals surface area (Å²) in [7, 11) is 0. The number of ether oxygens (including phenoxy) is 3. The Balaban J connectivity index is 0.000000166. The van der Waals surface area contributed by atoms with Gasteiger partial charge in [0, 0.05) is 28.8 Å². The van der Waals surface area contributed by atoms with E-state index in [-0.39, 0.29) is 23.1 Å². The molecule has 1 aliphatic carbocycles. The Morgan fingerprint density at radius 3 is 1.96 bits per heavy atom. The SMILES string of the molecule is CC.CCC1(OC(=O)c2ccc(C(C)C)c3ccccc23)CCCC1.O=C1OC2(c3ccc(O)cc3Oc3cc(O)ccc32)c2ccccc21. The number of carbonyl (C=O) groups excluding carboxylic acids is 2. The third-order valence-electron chi connectivity index (χ3n) is 9.95. The van der Waals surface area contributed by atoms with Crippen molar-refractivity contribution < 1.29 is 34.0 Å². The molecule has 0 unspecified atom stereocenters. The van der Waals surface area contributed by atoms with Crippen LogP contribution in [-0.4, -0.2) is 27.8 Å². The molecule has 0 saturated heterocycles. The predicted molar refractivity (Wildman–Crippen MR) is 194 cm³/mol. The first-order chi connectivity index (χ1) is 24.2. The first kappa shape index (κ1) is 34.6. The molecule has 7 nitrogen and oxygen atoms in total. The fourth-order valence-corrected chi connectivity index (χ4v) is 7.46. The number of phenols is 2. The maximum absolute atomic E-state index is 12.8. The Morgan fingerprint density at radius 2 is 1.36 bits per heavy atom. The van der Waals surface area contributed by atoms with Crippen molar-refractivity contribution in [2.24, 2.45) is 0 Å². The van der Waals surface area contributed by atoms with Crippen LogP contribution in [-0.2, 0) is 15.1 Å². The normalized spacial score (nSPS) is 15.8. The molecule has 258 valence electrons. The number of fused-ring (bicyclic) bond motifs is 7. The molecule has 1 spiro atoms. The van der Waals surface area contributed by atoms with Gasteiger partial charge in [0.2, 0.25) is 0 Å². The standard InChI is InChI=1S/C21H26O2.C20H12O5.C2H6/c1-4-21(13-7-8-14-21)23-20(22)19-12-11-16(15(2)3)17-9-5-6-10-18(17)19;21-11-5-7-15-17(9-11)24-18-10-12(22)6-8-16(18)20(15)14-4-2-1-3-13(14)19(23)25-20;1-2/h5-6,9-12,15H,4,7-8,13-14H2,1-3H3;1-10,21-22H;1-2H3. The number of aromatic hydroxyl groups is 2. The Kier molecular flexibility index (Phi) is 9.61. The van der Waals surface area contributed by atoms with Gasteiger partial charge in [-0.05, 0) is 90.8 Å². The van der Waals surface area contributed by atoms with Crippen LogP contribution < -0.4 is 4.74 Å². The third kappa shape index (κ3) is 5.95. The highest BCUT2D eigenvalue weighted by Gasteiger charge is 2.53. The Hall–Kier alpha value is -5.30. The van der Waals surface area contributed by atoms with Crippen molar-refractivity contribution in [3.63, 3.8) is 0 Å². The zero-order chi connectivity index (χ0) is 35.6. The zero-order valence-electron chi connectivity index (χ0n) is 29.3. The Bertz CT molecular complexity index is 2000. The van der Waals surface area contributed by atoms with E-state index < -0.39 is 11.6 Å². The summed E-state index contributed by atoms with van der Waals surface area (Å²) in [5.74, 6) is 0.674. The minimum absolute atomic E-state index is 0.0371. The summed E-state index contributed by atoms with van der Waals surface area (Å²) >= 11 is 0. The number of hydrogen-bond acceptors (Lipinski definition) is 7. The minimum Gasteiger partial charge on any atom is -0.508 e. The van der Waals surface area contributed by atoms with E-state index in [2.05, 4.69) is 32.9 Å². The van der Waals surface area contributed by atoms with Crippen molar-refractivity contribution in [1.82, 2.24) is 0 Å². The lowest BCUT2D eigenvalue weighted by Crippen LogP contribution is -2.32. The van der Waals surface area contributed by atoms with Gasteiger partial charge in [-0.2, -0.15) is 0 Å². The smallest absolute Gasteiger partial charge is 0.340 e. The van der Waals surface area contributed by atoms with Crippen LogP contribution in [0.2, 0.25) is 0 Å². The van der Waals surface area contributed by atoms with E-state index in [0.29, 0.717) is 45.2 Å². The van der Waals surface area contributed by atoms with E-state index in [1.165, 1.54) is 29.8 Å². The monoisotopic (exact) mass is 672 g/mol. The maximum atomic E-state index is 12.8. The van der Waals surface area contributed by atoms with Crippen molar-refractivity contribution in [3.05, 3.63) is 130 Å². The predicted octanol–water partition coefficient (Wildman–Crippen LogP) is 10.5. The third-order valence-corrected chi connectivity index (χ3v) is 9.95. The highest BCUT2D eigenvalue weighted by molar-refractivity contribution is 6.05. The fourth-order valence-electron chi connectivity index (χ4n) is 7.46. The summed E-state index contributed by atoms with van der Waals surface area (Å²) < 4.78 is 17.8. The lowest BCUT2D eigenvalue weighted by Gasteiger charge is -2.36. The summed E-state index contributed by atoms with van der Waals surface area (Å²) in [6.07, 6.45) is 5.22. The molecule has 5 aromatic rings. The summed E-state index contributed by atoms with van der Waals surface area (Å²) in [5.41, 5.74) is 3.02. The van der Waals surface area contributed by atoms with Crippen molar-refractivity contribution in [3.8, 4) is 23.0 Å². The van der Waals surface area contributed by atoms with Gasteiger partial charge in [-0.15, -0.1) is 0 Å². The van der Waals surface area contributed by atoms with Gasteiger partial charge in [0.25, 0.3) is 0 Å². The van der Waals surface area contributed by atoms with Crippen LogP contribution in [0.3, 0.4) is 0 Å². The molecule has 0 amide bonds. The first-order valence-electron chi connectivity index (χ1n) is 17.6. The molecule has 3 aliphatic rings. The van der Waals surface area contributed by atoms with Gasteiger partial charge in [0.1, 0.15) is 28.6 Å². The molecule has 1 saturated carbocycles. The van der Waals surface area contributed by atoms with E-state index in [1.807, 2.05) is 50.2 Å². The van der Waals surface area contributed by atoms with Crippen molar-refractivity contribution in [2.75, 3.05) is 0 Å². The van der Waals surface area contributed by atoms with E-state index in [4.69, 9.17) is 14.2 Å². The molecule has 0 atom stereocenters. The van der Waals surface area contributed by atoms with Crippen molar-refractivity contribution >= 4 is 22.7 Å². The molecule has 50 heavy (non-hydrogen) atoms. The molecule has 5 aromatic carbocycles. The van der Waals surface area contributed by atoms with Crippen LogP contribution in [0.4, 0.5) is 0 Å². The number of rotatable bonds is 4. The summed E-state index contributed by atoms with van der Waals surface area (Å²) in [5, 5.41) is 21.8. The molecule has 7 heteroatoms. The number of esters is 2. The van der Waals surface area contributed by atoms with E-state index in [0.717, 1.165) is 42.9 Å². The number of hydrogen-bond donors (Lipinski definition) is 2. The average Bonchev–Trinajstić information content (AvgIpc) is 3.71. The fraction of sp³-hybridized carbons (Fsp3) is 0.302. The largest absolute Gasteiger partial charge is 0.508 e. The first-order valence-corrected chi connectivity index (χ1v) is 17.6. The van der Waals surface area contributed by atoms with Crippen LogP contribution in [0.15, 0.2) is 97.1 Å². The quantitative estimate of drug-likeness (QED) is 0.183. The average molecular weight is 673 g/mol. The van der Waals surface area contributed by atoms with E-state index >= 15 is 0 Å². The van der Waals surface area contributed by atoms with Gasteiger partial charge in [-0.1, -0.05) is 83.1 Å². The molecule has 0 radical (unpaired) electrons. The summed E-state index contributed by atoms with van der Waals surface area (Å²) in [4.78, 5) is 25.4. The van der Waals surface area contributed by atoms with Gasteiger partial charge in [0.15, 0.2) is 5.60 Å². The van der Waals surface area contributed by atoms with E-state index in [9.17, 15) is 19.8 Å². The van der Waals surface area contributed by atoms with Crippen LogP contribution >= 0.6 is 0 Å². The maximum Gasteiger partial charge on any atom is 0.340 e. The second-order valence-corrected chi connectivity index (χ2v) is 13.1. The molecule has 2 heterocycles. The van der Waals surface area contributed by atoms with Gasteiger partial charge in [0.05, 0.1) is 11.1 Å². The van der Waals surface area contributed by atoms with Crippen LogP contribution in [0.25, 0.3) is 10.8 Å². The molecule has 1 fully saturated rings. The van der Waals surface area contributed by atoms with Crippen molar-refractivity contribution in [1.29, 1.82) is 0 Å². The van der Waals surface area contributed by atoms with Crippen molar-refractivity contribution in [2.45, 2.75) is 83.8 Å². The second-order valence-electron chi connectivity index (χ2n) is 13.1. The molecule has 0 bridgehead atoms. The minimum atomic E-state index is -1.17. The second kappa shape index (κ2) is 13.9. The lowest BCUT2D eigenvalue weighted by molar-refractivity contribution is -0.0170. The summed E-state index contributed by atoms with van der Waals surface area (Å²) in [6.45, 7) is 10.5. The van der Waals surface area contributed by atoms with Crippen LogP contribution in [0.5, 0.6) is 23.0 Å². The summed E-state index contributed by atoms with van der Waals surface area (Å²) in [6, 6.07) is 28.8. The van der Waals surface area contributed by atoms with Gasteiger partial charge >= 0.3 is 11.9 Å². The topological polar surface area (TPSA) is 102 Å². The lowest BCUT2D eigenvalue weighted by atomic mass is 9.77. The molecule has 0 aromatic heterocycles. The van der Waals surface area contributed by atoms with Gasteiger partial charge < -0.3 is 24.4 Å². The molecular formula is C43H44O7. The van der Waals surface area contributed by atoms with Crippen LogP contribution in [0, 0.1) is 0 Å². The number of benzene rings is 5. The number of phenolic OH excluding ortho intramolecular Hbond substituents is 2. The van der Waals surface area contributed by atoms with Gasteiger partial charge in [-0.25, -0.2) is 9.59 Å². The zero-order valence-corrected chi connectivity index (χ0v) is 29.3. The highest BCUT2D eigenvalue weighted by atomic mass is 16.6. The van der Waals surface area contributed by atoms with E-state index in [1.54, 1.807) is 24.3 Å².